The van der Waals surface area contributed by atoms with E-state index >= 15 is 0 Å². The molecule has 0 unspecified atom stereocenters. The van der Waals surface area contributed by atoms with Crippen LogP contribution in [0, 0.1) is 0 Å². The molecule has 0 aliphatic heterocycles. The number of para-hydroxylation sites is 2. The Bertz CT molecular complexity index is 819. The highest BCUT2D eigenvalue weighted by molar-refractivity contribution is 5.94. The quantitative estimate of drug-likeness (QED) is 0.615. The Balaban J connectivity index is 2.09. The van der Waals surface area contributed by atoms with E-state index in [2.05, 4.69) is 17.3 Å². The molecule has 2 aromatic rings. The number of aromatic nitrogens is 2. The van der Waals surface area contributed by atoms with Crippen LogP contribution in [0.15, 0.2) is 35.1 Å². The molecule has 2 N–H and O–H groups in total. The summed E-state index contributed by atoms with van der Waals surface area (Å²) in [4.78, 5) is 24.5. The second-order valence-electron chi connectivity index (χ2n) is 5.88. The van der Waals surface area contributed by atoms with Gasteiger partial charge >= 0.3 is 0 Å². The van der Waals surface area contributed by atoms with Gasteiger partial charge < -0.3 is 19.9 Å². The van der Waals surface area contributed by atoms with Crippen LogP contribution >= 0.6 is 0 Å². The van der Waals surface area contributed by atoms with Crippen molar-refractivity contribution in [3.63, 3.8) is 0 Å². The smallest absolute Gasteiger partial charge is 0.275 e. The number of carbonyl (C=O) groups is 1. The van der Waals surface area contributed by atoms with Gasteiger partial charge in [0.25, 0.3) is 11.5 Å². The van der Waals surface area contributed by atoms with Gasteiger partial charge in [-0.1, -0.05) is 25.5 Å². The van der Waals surface area contributed by atoms with Crippen LogP contribution in [0.4, 0.5) is 0 Å². The number of aromatic hydroxyl groups is 1. The number of rotatable bonds is 10. The highest BCUT2D eigenvalue weighted by Crippen LogP contribution is 2.21. The van der Waals surface area contributed by atoms with Crippen molar-refractivity contribution < 1.29 is 19.4 Å². The van der Waals surface area contributed by atoms with Crippen LogP contribution in [0.3, 0.4) is 0 Å². The lowest BCUT2D eigenvalue weighted by atomic mass is 10.3. The monoisotopic (exact) mass is 375 g/mol. The van der Waals surface area contributed by atoms with Crippen molar-refractivity contribution >= 4 is 5.91 Å². The summed E-state index contributed by atoms with van der Waals surface area (Å²) in [5.41, 5.74) is -0.423. The molecule has 0 spiro atoms. The Morgan fingerprint density at radius 1 is 1.26 bits per heavy atom. The minimum absolute atomic E-state index is 0.229. The number of methoxy groups -OCH3 is 1. The summed E-state index contributed by atoms with van der Waals surface area (Å²) in [5, 5.41) is 16.7. The molecule has 1 heterocycles. The molecule has 1 aromatic carbocycles. The number of hydrogen-bond donors (Lipinski definition) is 2. The average Bonchev–Trinajstić information content (AvgIpc) is 2.67. The zero-order chi connectivity index (χ0) is 19.6. The van der Waals surface area contributed by atoms with E-state index < -0.39 is 17.2 Å². The van der Waals surface area contributed by atoms with Gasteiger partial charge in [-0.3, -0.25) is 9.59 Å². The number of nitrogens with one attached hydrogen (secondary N) is 1. The molecule has 1 amide bonds. The summed E-state index contributed by atoms with van der Waals surface area (Å²) >= 11 is 0. The zero-order valence-corrected chi connectivity index (χ0v) is 15.6. The van der Waals surface area contributed by atoms with Gasteiger partial charge in [-0.2, -0.15) is 9.78 Å². The summed E-state index contributed by atoms with van der Waals surface area (Å²) in [6, 6.07) is 7.75. The van der Waals surface area contributed by atoms with Crippen molar-refractivity contribution in [3.8, 4) is 17.2 Å². The molecule has 0 bridgehead atoms. The lowest BCUT2D eigenvalue weighted by Crippen LogP contribution is -2.30. The summed E-state index contributed by atoms with van der Waals surface area (Å²) in [7, 11) is 1.47. The van der Waals surface area contributed by atoms with E-state index in [9.17, 15) is 14.7 Å². The largest absolute Gasteiger partial charge is 0.505 e. The number of benzene rings is 1. The van der Waals surface area contributed by atoms with Crippen LogP contribution in [-0.4, -0.2) is 47.7 Å². The fourth-order valence-corrected chi connectivity index (χ4v) is 2.39. The normalized spacial score (nSPS) is 10.6. The molecule has 146 valence electrons. The van der Waals surface area contributed by atoms with Crippen LogP contribution in [0.25, 0.3) is 5.69 Å². The Kier molecular flexibility index (Phi) is 7.81. The fraction of sp³-hybridized carbons (Fsp3) is 0.421. The summed E-state index contributed by atoms with van der Waals surface area (Å²) in [6.07, 6.45) is 2.72. The Hall–Kier alpha value is -2.87. The van der Waals surface area contributed by atoms with E-state index in [1.807, 2.05) is 0 Å². The van der Waals surface area contributed by atoms with Gasteiger partial charge in [-0.05, 0) is 25.0 Å². The molecule has 0 aliphatic rings. The Morgan fingerprint density at radius 2 is 2.00 bits per heavy atom. The number of unbranched alkanes of at least 4 members (excludes halogenated alkanes) is 1. The predicted octanol–water partition coefficient (Wildman–Crippen LogP) is 1.88. The lowest BCUT2D eigenvalue weighted by Gasteiger charge is -2.12. The molecule has 0 fully saturated rings. The molecule has 8 nitrogen and oxygen atoms in total. The Labute approximate surface area is 157 Å². The van der Waals surface area contributed by atoms with Crippen LogP contribution in [-0.2, 0) is 4.74 Å². The third kappa shape index (κ3) is 5.55. The second kappa shape index (κ2) is 10.3. The standard InChI is InChI=1S/C19H25N3O5/c1-3-4-11-27-12-7-10-20-19(25)18-15(23)13-17(24)22(21-18)14-8-5-6-9-16(14)26-2/h5-6,8-9,13,23H,3-4,7,10-12H2,1-2H3,(H,20,25). The van der Waals surface area contributed by atoms with Crippen molar-refractivity contribution in [1.82, 2.24) is 15.1 Å². The number of carbonyl (C=O) groups excluding carboxylic acids is 1. The highest BCUT2D eigenvalue weighted by atomic mass is 16.5. The minimum Gasteiger partial charge on any atom is -0.505 e. The number of amides is 1. The maximum atomic E-state index is 12.3. The van der Waals surface area contributed by atoms with Gasteiger partial charge in [0.2, 0.25) is 0 Å². The predicted molar refractivity (Wildman–Crippen MR) is 101 cm³/mol. The topological polar surface area (TPSA) is 103 Å². The van der Waals surface area contributed by atoms with Gasteiger partial charge in [0.15, 0.2) is 11.4 Å². The van der Waals surface area contributed by atoms with Gasteiger partial charge in [-0.25, -0.2) is 0 Å². The maximum absolute atomic E-state index is 12.3. The minimum atomic E-state index is -0.571. The third-order valence-electron chi connectivity index (χ3n) is 3.83. The van der Waals surface area contributed by atoms with E-state index in [1.165, 1.54) is 7.11 Å². The SMILES string of the molecule is CCCCOCCCNC(=O)c1nn(-c2ccccc2OC)c(=O)cc1O. The molecule has 0 saturated heterocycles. The van der Waals surface area contributed by atoms with Crippen molar-refractivity contribution in [2.24, 2.45) is 0 Å². The van der Waals surface area contributed by atoms with E-state index in [0.717, 1.165) is 23.6 Å². The first kappa shape index (κ1) is 20.4. The molecule has 1 aromatic heterocycles. The molecule has 0 saturated carbocycles. The highest BCUT2D eigenvalue weighted by Gasteiger charge is 2.17. The maximum Gasteiger partial charge on any atom is 0.275 e. The third-order valence-corrected chi connectivity index (χ3v) is 3.83. The van der Waals surface area contributed by atoms with Gasteiger partial charge in [0.1, 0.15) is 11.4 Å². The molecule has 8 heteroatoms. The van der Waals surface area contributed by atoms with Crippen LogP contribution < -0.4 is 15.6 Å². The van der Waals surface area contributed by atoms with Crippen LogP contribution in [0.5, 0.6) is 11.5 Å². The van der Waals surface area contributed by atoms with E-state index in [-0.39, 0.29) is 5.69 Å². The summed E-state index contributed by atoms with van der Waals surface area (Å²) < 4.78 is 11.7. The average molecular weight is 375 g/mol. The van der Waals surface area contributed by atoms with Crippen molar-refractivity contribution in [2.75, 3.05) is 26.9 Å². The van der Waals surface area contributed by atoms with E-state index in [0.29, 0.717) is 37.6 Å². The van der Waals surface area contributed by atoms with Gasteiger partial charge in [-0.15, -0.1) is 0 Å². The van der Waals surface area contributed by atoms with E-state index in [4.69, 9.17) is 9.47 Å². The van der Waals surface area contributed by atoms with Crippen molar-refractivity contribution in [2.45, 2.75) is 26.2 Å². The first-order valence-corrected chi connectivity index (χ1v) is 8.91. The lowest BCUT2D eigenvalue weighted by molar-refractivity contribution is 0.0930. The molecule has 0 atom stereocenters. The molecular weight excluding hydrogens is 350 g/mol. The van der Waals surface area contributed by atoms with Crippen LogP contribution in [0.2, 0.25) is 0 Å². The first-order valence-electron chi connectivity index (χ1n) is 8.91. The van der Waals surface area contributed by atoms with Crippen molar-refractivity contribution in [3.05, 3.63) is 46.4 Å². The zero-order valence-electron chi connectivity index (χ0n) is 15.6. The van der Waals surface area contributed by atoms with Gasteiger partial charge in [0, 0.05) is 25.8 Å². The summed E-state index contributed by atoms with van der Waals surface area (Å²) in [6.45, 7) is 3.71. The first-order chi connectivity index (χ1) is 13.1. The second-order valence-corrected chi connectivity index (χ2v) is 5.88. The molecular formula is C19H25N3O5. The molecule has 0 aliphatic carbocycles. The van der Waals surface area contributed by atoms with Crippen LogP contribution in [0.1, 0.15) is 36.7 Å². The fourth-order valence-electron chi connectivity index (χ4n) is 2.39. The number of hydrogen-bond acceptors (Lipinski definition) is 6. The Morgan fingerprint density at radius 3 is 2.74 bits per heavy atom. The van der Waals surface area contributed by atoms with E-state index in [1.54, 1.807) is 24.3 Å². The summed E-state index contributed by atoms with van der Waals surface area (Å²) in [5.74, 6) is -0.610. The number of ether oxygens (including phenoxy) is 2. The number of nitrogens with zero attached hydrogens (tertiary/aromatic N) is 2. The molecule has 0 radical (unpaired) electrons. The molecule has 2 rings (SSSR count). The van der Waals surface area contributed by atoms with Gasteiger partial charge in [0.05, 0.1) is 7.11 Å². The molecule has 27 heavy (non-hydrogen) atoms. The van der Waals surface area contributed by atoms with Crippen molar-refractivity contribution in [1.29, 1.82) is 0 Å².